The Labute approximate surface area is 98.3 Å². The van der Waals surface area contributed by atoms with Gasteiger partial charge in [-0.25, -0.2) is 0 Å². The van der Waals surface area contributed by atoms with Gasteiger partial charge in [-0.05, 0) is 38.3 Å². The van der Waals surface area contributed by atoms with Crippen LogP contribution < -0.4 is 5.32 Å². The van der Waals surface area contributed by atoms with Gasteiger partial charge in [-0.2, -0.15) is 5.26 Å². The molecule has 2 heteroatoms. The first-order valence-corrected chi connectivity index (χ1v) is 5.82. The summed E-state index contributed by atoms with van der Waals surface area (Å²) in [7, 11) is 0. The number of nitrogens with one attached hydrogen (secondary N) is 1. The van der Waals surface area contributed by atoms with E-state index in [9.17, 15) is 0 Å². The maximum absolute atomic E-state index is 8.91. The molecule has 0 unspecified atom stereocenters. The van der Waals surface area contributed by atoms with Crippen LogP contribution in [0.3, 0.4) is 0 Å². The molecular weight excluding hydrogens is 196 g/mol. The third-order valence-electron chi connectivity index (χ3n) is 2.77. The van der Waals surface area contributed by atoms with Crippen molar-refractivity contribution in [2.24, 2.45) is 5.41 Å². The van der Waals surface area contributed by atoms with Crippen molar-refractivity contribution in [3.8, 4) is 6.07 Å². The predicted octanol–water partition coefficient (Wildman–Crippen LogP) is 3.60. The van der Waals surface area contributed by atoms with Crippen molar-refractivity contribution in [3.63, 3.8) is 0 Å². The zero-order valence-electron chi connectivity index (χ0n) is 10.4. The van der Waals surface area contributed by atoms with E-state index in [0.717, 1.165) is 19.4 Å². The highest BCUT2D eigenvalue weighted by Gasteiger charge is 2.15. The van der Waals surface area contributed by atoms with Gasteiger partial charge in [-0.1, -0.05) is 25.1 Å². The van der Waals surface area contributed by atoms with Crippen LogP contribution in [-0.4, -0.2) is 6.54 Å². The number of hydrogen-bond acceptors (Lipinski definition) is 2. The Morgan fingerprint density at radius 1 is 1.31 bits per heavy atom. The lowest BCUT2D eigenvalue weighted by Crippen LogP contribution is -2.15. The van der Waals surface area contributed by atoms with E-state index < -0.39 is 0 Å². The third-order valence-corrected chi connectivity index (χ3v) is 2.77. The van der Waals surface area contributed by atoms with E-state index in [4.69, 9.17) is 5.26 Å². The van der Waals surface area contributed by atoms with E-state index in [1.807, 2.05) is 19.9 Å². The number of nitrogens with zero attached hydrogens (tertiary/aromatic N) is 1. The number of anilines is 1. The first-order chi connectivity index (χ1) is 7.59. The van der Waals surface area contributed by atoms with Gasteiger partial charge in [0.1, 0.15) is 0 Å². The number of hydrogen-bond donors (Lipinski definition) is 1. The second kappa shape index (κ2) is 5.55. The minimum Gasteiger partial charge on any atom is -0.385 e. The lowest BCUT2D eigenvalue weighted by molar-refractivity contribution is 0.466. The van der Waals surface area contributed by atoms with Crippen LogP contribution in [0.15, 0.2) is 24.3 Å². The Balaban J connectivity index is 2.53. The molecule has 0 atom stereocenters. The summed E-state index contributed by atoms with van der Waals surface area (Å²) < 4.78 is 0. The molecule has 2 nitrogen and oxygen atoms in total. The lowest BCUT2D eigenvalue weighted by atomic mass is 9.91. The average Bonchev–Trinajstić information content (AvgIpc) is 2.29. The normalized spacial score (nSPS) is 10.9. The highest BCUT2D eigenvalue weighted by Crippen LogP contribution is 2.20. The minimum atomic E-state index is -0.242. The van der Waals surface area contributed by atoms with Crippen molar-refractivity contribution in [1.29, 1.82) is 5.26 Å². The van der Waals surface area contributed by atoms with Gasteiger partial charge in [0.15, 0.2) is 0 Å². The first-order valence-electron chi connectivity index (χ1n) is 5.82. The number of aryl methyl sites for hydroxylation is 1. The van der Waals surface area contributed by atoms with Crippen LogP contribution >= 0.6 is 0 Å². The quantitative estimate of drug-likeness (QED) is 0.816. The van der Waals surface area contributed by atoms with Crippen molar-refractivity contribution in [2.75, 3.05) is 11.9 Å². The second-order valence-electron chi connectivity index (χ2n) is 4.68. The maximum atomic E-state index is 8.91. The summed E-state index contributed by atoms with van der Waals surface area (Å²) in [6.45, 7) is 6.94. The van der Waals surface area contributed by atoms with Crippen LogP contribution in [0.25, 0.3) is 0 Å². The van der Waals surface area contributed by atoms with Crippen molar-refractivity contribution in [2.45, 2.75) is 33.6 Å². The summed E-state index contributed by atoms with van der Waals surface area (Å²) >= 11 is 0. The molecule has 0 aliphatic heterocycles. The summed E-state index contributed by atoms with van der Waals surface area (Å²) in [6, 6.07) is 10.6. The Hall–Kier alpha value is -1.49. The van der Waals surface area contributed by atoms with Crippen molar-refractivity contribution < 1.29 is 0 Å². The van der Waals surface area contributed by atoms with E-state index >= 15 is 0 Å². The van der Waals surface area contributed by atoms with Crippen molar-refractivity contribution in [3.05, 3.63) is 29.8 Å². The number of rotatable bonds is 5. The average molecular weight is 216 g/mol. The van der Waals surface area contributed by atoms with E-state index in [-0.39, 0.29) is 5.41 Å². The molecule has 0 amide bonds. The molecule has 0 radical (unpaired) electrons. The van der Waals surface area contributed by atoms with Gasteiger partial charge in [0, 0.05) is 12.2 Å². The first kappa shape index (κ1) is 12.6. The molecule has 0 saturated heterocycles. The van der Waals surface area contributed by atoms with Crippen LogP contribution in [-0.2, 0) is 6.42 Å². The molecule has 0 aliphatic rings. The Kier molecular flexibility index (Phi) is 4.37. The van der Waals surface area contributed by atoms with Gasteiger partial charge < -0.3 is 5.32 Å². The molecule has 0 bridgehead atoms. The van der Waals surface area contributed by atoms with E-state index in [0.29, 0.717) is 0 Å². The standard InChI is InChI=1S/C14H20N2/c1-4-12-7-5-6-8-13(12)16-10-9-14(2,3)11-15/h5-8,16H,4,9-10H2,1-3H3. The fourth-order valence-electron chi connectivity index (χ4n) is 1.57. The Morgan fingerprint density at radius 2 is 2.00 bits per heavy atom. The van der Waals surface area contributed by atoms with E-state index in [1.54, 1.807) is 0 Å². The van der Waals surface area contributed by atoms with Crippen LogP contribution in [0.2, 0.25) is 0 Å². The predicted molar refractivity (Wildman–Crippen MR) is 68.3 cm³/mol. The monoisotopic (exact) mass is 216 g/mol. The Morgan fingerprint density at radius 3 is 2.62 bits per heavy atom. The van der Waals surface area contributed by atoms with Crippen molar-refractivity contribution >= 4 is 5.69 Å². The zero-order valence-corrected chi connectivity index (χ0v) is 10.4. The van der Waals surface area contributed by atoms with E-state index in [2.05, 4.69) is 36.5 Å². The molecule has 1 aromatic rings. The second-order valence-corrected chi connectivity index (χ2v) is 4.68. The minimum absolute atomic E-state index is 0.242. The van der Waals surface area contributed by atoms with Crippen LogP contribution in [0, 0.1) is 16.7 Å². The SMILES string of the molecule is CCc1ccccc1NCCC(C)(C)C#N. The molecule has 1 rings (SSSR count). The molecular formula is C14H20N2. The largest absolute Gasteiger partial charge is 0.385 e. The highest BCUT2D eigenvalue weighted by molar-refractivity contribution is 5.50. The van der Waals surface area contributed by atoms with Gasteiger partial charge in [0.05, 0.1) is 11.5 Å². The fourth-order valence-corrected chi connectivity index (χ4v) is 1.57. The molecule has 0 aliphatic carbocycles. The van der Waals surface area contributed by atoms with Gasteiger partial charge in [-0.15, -0.1) is 0 Å². The molecule has 0 aromatic heterocycles. The summed E-state index contributed by atoms with van der Waals surface area (Å²) in [5, 5.41) is 12.3. The molecule has 16 heavy (non-hydrogen) atoms. The summed E-state index contributed by atoms with van der Waals surface area (Å²) in [4.78, 5) is 0. The third kappa shape index (κ3) is 3.58. The van der Waals surface area contributed by atoms with Crippen LogP contribution in [0.1, 0.15) is 32.8 Å². The molecule has 1 aromatic carbocycles. The molecule has 0 heterocycles. The zero-order chi connectivity index (χ0) is 12.0. The molecule has 86 valence electrons. The number of para-hydroxylation sites is 1. The summed E-state index contributed by atoms with van der Waals surface area (Å²) in [5.74, 6) is 0. The maximum Gasteiger partial charge on any atom is 0.0684 e. The Bertz CT molecular complexity index is 375. The number of nitriles is 1. The fraction of sp³-hybridized carbons (Fsp3) is 0.500. The summed E-state index contributed by atoms with van der Waals surface area (Å²) in [5.41, 5.74) is 2.28. The van der Waals surface area contributed by atoms with Gasteiger partial charge in [0.25, 0.3) is 0 Å². The van der Waals surface area contributed by atoms with Crippen molar-refractivity contribution in [1.82, 2.24) is 0 Å². The van der Waals surface area contributed by atoms with Crippen LogP contribution in [0.5, 0.6) is 0 Å². The van der Waals surface area contributed by atoms with Gasteiger partial charge in [-0.3, -0.25) is 0 Å². The highest BCUT2D eigenvalue weighted by atomic mass is 14.9. The molecule has 0 fully saturated rings. The van der Waals surface area contributed by atoms with Gasteiger partial charge in [0.2, 0.25) is 0 Å². The van der Waals surface area contributed by atoms with E-state index in [1.165, 1.54) is 11.3 Å². The molecule has 0 saturated carbocycles. The lowest BCUT2D eigenvalue weighted by Gasteiger charge is -2.17. The summed E-state index contributed by atoms with van der Waals surface area (Å²) in [6.07, 6.45) is 1.90. The smallest absolute Gasteiger partial charge is 0.0684 e. The molecule has 1 N–H and O–H groups in total. The van der Waals surface area contributed by atoms with Gasteiger partial charge >= 0.3 is 0 Å². The van der Waals surface area contributed by atoms with Crippen LogP contribution in [0.4, 0.5) is 5.69 Å². The molecule has 0 spiro atoms. The topological polar surface area (TPSA) is 35.8 Å². The number of benzene rings is 1.